The Hall–Kier alpha value is -0.730. The smallest absolute Gasteiger partial charge is 0.438 e. The number of hydrogen-bond donors (Lipinski definition) is 0. The molecule has 1 aliphatic rings. The summed E-state index contributed by atoms with van der Waals surface area (Å²) in [5.41, 5.74) is -0.299. The topological polar surface area (TPSA) is 35.5 Å². The molecule has 0 aromatic heterocycles. The first-order chi connectivity index (χ1) is 5.58. The monoisotopic (exact) mass is 172 g/mol. The summed E-state index contributed by atoms with van der Waals surface area (Å²) in [4.78, 5) is 10.9. The Morgan fingerprint density at radius 3 is 2.67 bits per heavy atom. The molecule has 1 fully saturated rings. The van der Waals surface area contributed by atoms with E-state index in [0.717, 1.165) is 19.3 Å². The van der Waals surface area contributed by atoms with Crippen molar-refractivity contribution >= 4 is 6.16 Å². The second kappa shape index (κ2) is 3.33. The molecule has 2 unspecified atom stereocenters. The van der Waals surface area contributed by atoms with Crippen LogP contribution in [0.15, 0.2) is 0 Å². The van der Waals surface area contributed by atoms with Crippen molar-refractivity contribution < 1.29 is 14.3 Å². The molecule has 0 aromatic rings. The maximum Gasteiger partial charge on any atom is 0.508 e. The highest BCUT2D eigenvalue weighted by Gasteiger charge is 2.39. The first-order valence-electron chi connectivity index (χ1n) is 4.35. The van der Waals surface area contributed by atoms with Crippen molar-refractivity contribution in [1.29, 1.82) is 0 Å². The lowest BCUT2D eigenvalue weighted by molar-refractivity contribution is -0.0347. The van der Waals surface area contributed by atoms with Crippen LogP contribution in [0.2, 0.25) is 0 Å². The van der Waals surface area contributed by atoms with Gasteiger partial charge in [0.1, 0.15) is 5.60 Å². The number of ether oxygens (including phenoxy) is 2. The summed E-state index contributed by atoms with van der Waals surface area (Å²) in [5.74, 6) is 0.441. The average molecular weight is 172 g/mol. The van der Waals surface area contributed by atoms with Crippen LogP contribution >= 0.6 is 0 Å². The summed E-state index contributed by atoms with van der Waals surface area (Å²) in [5, 5.41) is 0. The molecule has 3 heteroatoms. The van der Waals surface area contributed by atoms with E-state index in [4.69, 9.17) is 4.74 Å². The molecular formula is C9H16O3. The van der Waals surface area contributed by atoms with Gasteiger partial charge in [-0.05, 0) is 32.1 Å². The van der Waals surface area contributed by atoms with E-state index in [2.05, 4.69) is 11.7 Å². The lowest BCUT2D eigenvalue weighted by atomic mass is 9.95. The van der Waals surface area contributed by atoms with Crippen LogP contribution < -0.4 is 0 Å². The van der Waals surface area contributed by atoms with Crippen molar-refractivity contribution in [3.63, 3.8) is 0 Å². The highest BCUT2D eigenvalue weighted by Crippen LogP contribution is 2.38. The largest absolute Gasteiger partial charge is 0.508 e. The van der Waals surface area contributed by atoms with Gasteiger partial charge < -0.3 is 9.47 Å². The van der Waals surface area contributed by atoms with E-state index in [1.54, 1.807) is 0 Å². The van der Waals surface area contributed by atoms with Gasteiger partial charge in [0, 0.05) is 0 Å². The van der Waals surface area contributed by atoms with E-state index in [1.165, 1.54) is 7.11 Å². The number of carbonyl (C=O) groups excluding carboxylic acids is 1. The zero-order valence-electron chi connectivity index (χ0n) is 7.92. The zero-order chi connectivity index (χ0) is 9.19. The normalized spacial score (nSPS) is 34.8. The van der Waals surface area contributed by atoms with Crippen molar-refractivity contribution in [3.05, 3.63) is 0 Å². The average Bonchev–Trinajstić information content (AvgIpc) is 2.32. The van der Waals surface area contributed by atoms with Crippen molar-refractivity contribution in [1.82, 2.24) is 0 Å². The van der Waals surface area contributed by atoms with Crippen LogP contribution in [0.4, 0.5) is 4.79 Å². The molecule has 0 spiro atoms. The minimum absolute atomic E-state index is 0.299. The van der Waals surface area contributed by atoms with Crippen molar-refractivity contribution in [3.8, 4) is 0 Å². The Bertz CT molecular complexity index is 179. The van der Waals surface area contributed by atoms with Crippen LogP contribution in [-0.2, 0) is 9.47 Å². The van der Waals surface area contributed by atoms with Crippen molar-refractivity contribution in [2.24, 2.45) is 5.92 Å². The molecule has 0 N–H and O–H groups in total. The van der Waals surface area contributed by atoms with Gasteiger partial charge in [0.05, 0.1) is 7.11 Å². The fourth-order valence-corrected chi connectivity index (χ4v) is 1.69. The van der Waals surface area contributed by atoms with E-state index in [-0.39, 0.29) is 5.60 Å². The molecule has 1 rings (SSSR count). The molecule has 0 amide bonds. The molecule has 0 saturated heterocycles. The van der Waals surface area contributed by atoms with Gasteiger partial charge in [-0.2, -0.15) is 0 Å². The van der Waals surface area contributed by atoms with Crippen LogP contribution in [0.25, 0.3) is 0 Å². The third kappa shape index (κ3) is 1.71. The maximum atomic E-state index is 10.9. The van der Waals surface area contributed by atoms with Gasteiger partial charge >= 0.3 is 6.16 Å². The molecule has 0 aromatic carbocycles. The molecule has 70 valence electrons. The Morgan fingerprint density at radius 1 is 1.58 bits per heavy atom. The molecule has 2 atom stereocenters. The molecule has 12 heavy (non-hydrogen) atoms. The Kier molecular flexibility index (Phi) is 2.60. The van der Waals surface area contributed by atoms with Gasteiger partial charge in [-0.15, -0.1) is 0 Å². The predicted octanol–water partition coefficient (Wildman–Crippen LogP) is 2.35. The zero-order valence-corrected chi connectivity index (χ0v) is 7.92. The van der Waals surface area contributed by atoms with Crippen LogP contribution in [0.3, 0.4) is 0 Å². The van der Waals surface area contributed by atoms with E-state index in [1.807, 2.05) is 6.92 Å². The van der Waals surface area contributed by atoms with E-state index in [0.29, 0.717) is 5.92 Å². The Labute approximate surface area is 73.0 Å². The highest BCUT2D eigenvalue weighted by atomic mass is 16.7. The molecule has 0 bridgehead atoms. The van der Waals surface area contributed by atoms with Gasteiger partial charge in [0.15, 0.2) is 0 Å². The fraction of sp³-hybridized carbons (Fsp3) is 0.889. The molecule has 0 heterocycles. The SMILES string of the molecule is COC(=O)OC1(C)CCCC1C. The first-order valence-corrected chi connectivity index (χ1v) is 4.35. The fourth-order valence-electron chi connectivity index (χ4n) is 1.69. The van der Waals surface area contributed by atoms with E-state index < -0.39 is 6.16 Å². The predicted molar refractivity (Wildman–Crippen MR) is 44.9 cm³/mol. The molecule has 1 saturated carbocycles. The second-order valence-electron chi connectivity index (χ2n) is 3.66. The third-order valence-corrected chi connectivity index (χ3v) is 2.84. The summed E-state index contributed by atoms with van der Waals surface area (Å²) < 4.78 is 9.66. The van der Waals surface area contributed by atoms with E-state index in [9.17, 15) is 4.79 Å². The number of carbonyl (C=O) groups is 1. The Morgan fingerprint density at radius 2 is 2.25 bits per heavy atom. The van der Waals surface area contributed by atoms with Gasteiger partial charge in [-0.1, -0.05) is 6.92 Å². The van der Waals surface area contributed by atoms with E-state index >= 15 is 0 Å². The van der Waals surface area contributed by atoms with Crippen LogP contribution in [-0.4, -0.2) is 18.9 Å². The molecule has 0 aliphatic heterocycles. The standard InChI is InChI=1S/C9H16O3/c1-7-5-4-6-9(7,2)12-8(10)11-3/h7H,4-6H2,1-3H3. The van der Waals surface area contributed by atoms with Gasteiger partial charge in [0.2, 0.25) is 0 Å². The molecular weight excluding hydrogens is 156 g/mol. The lowest BCUT2D eigenvalue weighted by Gasteiger charge is -2.28. The molecule has 0 radical (unpaired) electrons. The summed E-state index contributed by atoms with van der Waals surface area (Å²) in [7, 11) is 1.34. The number of methoxy groups -OCH3 is 1. The number of hydrogen-bond acceptors (Lipinski definition) is 3. The minimum atomic E-state index is -0.564. The highest BCUT2D eigenvalue weighted by molar-refractivity contribution is 5.60. The van der Waals surface area contributed by atoms with Crippen LogP contribution in [0.1, 0.15) is 33.1 Å². The van der Waals surface area contributed by atoms with Gasteiger partial charge in [0.25, 0.3) is 0 Å². The minimum Gasteiger partial charge on any atom is -0.438 e. The summed E-state index contributed by atoms with van der Waals surface area (Å²) in [6.45, 7) is 4.08. The van der Waals surface area contributed by atoms with Crippen LogP contribution in [0, 0.1) is 5.92 Å². The first kappa shape index (κ1) is 9.36. The van der Waals surface area contributed by atoms with Crippen LogP contribution in [0.5, 0.6) is 0 Å². The summed E-state index contributed by atoms with van der Waals surface area (Å²) in [6, 6.07) is 0. The lowest BCUT2D eigenvalue weighted by Crippen LogP contribution is -2.34. The summed E-state index contributed by atoms with van der Waals surface area (Å²) in [6.07, 6.45) is 2.65. The van der Waals surface area contributed by atoms with Gasteiger partial charge in [-0.3, -0.25) is 0 Å². The van der Waals surface area contributed by atoms with Gasteiger partial charge in [-0.25, -0.2) is 4.79 Å². The maximum absolute atomic E-state index is 10.9. The summed E-state index contributed by atoms with van der Waals surface area (Å²) >= 11 is 0. The van der Waals surface area contributed by atoms with Crippen molar-refractivity contribution in [2.75, 3.05) is 7.11 Å². The molecule has 1 aliphatic carbocycles. The second-order valence-corrected chi connectivity index (χ2v) is 3.66. The van der Waals surface area contributed by atoms with Crippen molar-refractivity contribution in [2.45, 2.75) is 38.7 Å². The Balaban J connectivity index is 2.53. The third-order valence-electron chi connectivity index (χ3n) is 2.84. The quantitative estimate of drug-likeness (QED) is 0.569. The molecule has 3 nitrogen and oxygen atoms in total. The number of rotatable bonds is 1.